The Hall–Kier alpha value is -8.74. The fourth-order valence-electron chi connectivity index (χ4n) is 14.1. The minimum absolute atomic E-state index is 0.00517. The van der Waals surface area contributed by atoms with Gasteiger partial charge >= 0.3 is 11.9 Å². The average molecular weight is 1460 g/mol. The maximum atomic E-state index is 15.5. The van der Waals surface area contributed by atoms with Crippen LogP contribution in [0, 0.1) is 54.0 Å². The van der Waals surface area contributed by atoms with Crippen LogP contribution in [0.4, 0.5) is 19.0 Å². The number of nitrogens with two attached hydrogens (primary N) is 2. The number of carbonyl (C=O) groups is 4. The molecule has 6 aliphatic rings. The van der Waals surface area contributed by atoms with Gasteiger partial charge in [0.05, 0.1) is 91.2 Å². The first-order valence-electron chi connectivity index (χ1n) is 33.3. The zero-order valence-electron chi connectivity index (χ0n) is 60.6. The van der Waals surface area contributed by atoms with E-state index in [-0.39, 0.29) is 77.4 Å². The van der Waals surface area contributed by atoms with Crippen molar-refractivity contribution in [3.63, 3.8) is 0 Å². The highest BCUT2D eigenvalue weighted by Crippen LogP contribution is 2.52. The van der Waals surface area contributed by atoms with Gasteiger partial charge in [0.15, 0.2) is 11.6 Å². The summed E-state index contributed by atoms with van der Waals surface area (Å²) in [4.78, 5) is 87.1. The number of ketones is 2. The molecule has 4 N–H and O–H groups in total. The smallest absolute Gasteiger partial charge is 0.312 e. The number of anilines is 1. The molecule has 544 valence electrons. The summed E-state index contributed by atoms with van der Waals surface area (Å²) in [6.07, 6.45) is 3.42. The summed E-state index contributed by atoms with van der Waals surface area (Å²) in [6.45, 7) is 30.7. The molecule has 0 saturated carbocycles. The summed E-state index contributed by atoms with van der Waals surface area (Å²) in [7, 11) is -8.69. The molecular weight excluding hydrogens is 1370 g/mol. The number of ether oxygens (including phenoxy) is 2. The number of rotatable bonds is 13. The summed E-state index contributed by atoms with van der Waals surface area (Å²) >= 11 is 0. The van der Waals surface area contributed by atoms with E-state index in [0.717, 1.165) is 0 Å². The fourth-order valence-corrected chi connectivity index (χ4v) is 23.8. The van der Waals surface area contributed by atoms with Gasteiger partial charge in [0.25, 0.3) is 0 Å². The molecule has 0 radical (unpaired) electrons. The van der Waals surface area contributed by atoms with Crippen LogP contribution in [0.2, 0.25) is 0 Å². The summed E-state index contributed by atoms with van der Waals surface area (Å²) in [5.41, 5.74) is 10.3. The van der Waals surface area contributed by atoms with Crippen molar-refractivity contribution in [3.8, 4) is 12.1 Å². The lowest BCUT2D eigenvalue weighted by molar-refractivity contribution is -0.154. The maximum absolute atomic E-state index is 15.5. The molecule has 0 bridgehead atoms. The first-order chi connectivity index (χ1) is 47.2. The number of carbonyl (C=O) groups excluding carboxylic acids is 4. The summed E-state index contributed by atoms with van der Waals surface area (Å²) < 4.78 is 109. The van der Waals surface area contributed by atoms with Gasteiger partial charge < -0.3 is 20.9 Å². The largest absolute Gasteiger partial charge is 0.460 e. The number of nitrogens with zero attached hydrogens (tertiary/aromatic N) is 13. The molecule has 102 heavy (non-hydrogen) atoms. The van der Waals surface area contributed by atoms with Crippen molar-refractivity contribution in [1.29, 1.82) is 10.5 Å². The van der Waals surface area contributed by atoms with Crippen molar-refractivity contribution in [3.05, 3.63) is 140 Å². The SMILES string of the molecule is CC(C)(C)OC(=O)CC1=N[C@](C)(c2nc(N)ccc2F)[C@H]2CCN=[S@@]2(=O)C1(C)C.Cc1cc(C#N)cnc1C(=O)Cc1ccc(F)c([C@@]2(C)N=C(CC(=O)OC(C)(C)C)C(C)(C)[S@]3(=O)=NCC[C@H]23)n1.Cc1cc(C#N)cnc1C(=O)Cc1ccc(F)c([C@@]2(C)N=C(N)C(C)(C)[S@]3(=O)=NCC[C@H]23)n1. The van der Waals surface area contributed by atoms with E-state index in [4.69, 9.17) is 41.4 Å². The van der Waals surface area contributed by atoms with Gasteiger partial charge in [-0.1, -0.05) is 0 Å². The van der Waals surface area contributed by atoms with Crippen LogP contribution in [0.3, 0.4) is 0 Å². The topological polar surface area (TPSA) is 376 Å². The molecule has 6 aliphatic heterocycles. The van der Waals surface area contributed by atoms with Crippen LogP contribution in [-0.2, 0) is 77.7 Å². The lowest BCUT2D eigenvalue weighted by Crippen LogP contribution is -2.58. The molecule has 0 aliphatic carbocycles. The number of aromatic nitrogens is 5. The standard InChI is InChI=1S/C29H34FN5O4S.C23H25FN6O2S.C20H29FN4O3S/c1-17-12-18(15-31)16-32-25(17)21(36)13-19-8-9-20(30)26(34-19)29(7)23-10-11-33-40(23,38)28(5,6)22(35-29)14-24(37)39-27(2,3)4;1-13-9-14(11-25)12-27-19(13)17(31)10-15-5-6-16(24)20(29-15)23(4)18-7-8-28-33(18,32)22(2,3)21(26)30-23;1-18(2,3)28-16(26)11-13-19(4,5)29(27)14(9-10-23-29)20(6,25-13)17-12(21)7-8-15(22)24-17/h8-9,12,16,23H,10-11,13-14H2,1-7H3;5-6,9,12,18H,7-8,10H2,1-4H3,(H2,26,30);7-8,14H,9-11H2,1-6H3,(H2,22,24)/t23-,29+,40+;18-,23+,33+;14-,20+,29+/m111/s1. The predicted molar refractivity (Wildman–Crippen MR) is 384 cm³/mol. The Morgan fingerprint density at radius 3 is 1.20 bits per heavy atom. The highest BCUT2D eigenvalue weighted by Gasteiger charge is 2.61. The van der Waals surface area contributed by atoms with Crippen molar-refractivity contribution >= 4 is 75.8 Å². The van der Waals surface area contributed by atoms with Gasteiger partial charge in [-0.2, -0.15) is 10.5 Å². The normalized spacial score (nSPS) is 27.7. The van der Waals surface area contributed by atoms with Crippen molar-refractivity contribution in [2.45, 2.75) is 220 Å². The number of pyridine rings is 5. The Kier molecular flexibility index (Phi) is 20.8. The fraction of sp³-hybridized carbons (Fsp3) is 0.528. The van der Waals surface area contributed by atoms with Gasteiger partial charge in [-0.3, -0.25) is 54.1 Å². The van der Waals surface area contributed by atoms with Crippen LogP contribution in [-0.4, -0.2) is 139 Å². The molecule has 30 heteroatoms. The van der Waals surface area contributed by atoms with Gasteiger partial charge in [-0.05, 0) is 197 Å². The monoisotopic (exact) mass is 1460 g/mol. The Balaban J connectivity index is 0.000000180. The third-order valence-electron chi connectivity index (χ3n) is 19.6. The molecule has 0 amide bonds. The van der Waals surface area contributed by atoms with E-state index in [1.165, 1.54) is 48.8 Å². The lowest BCUT2D eigenvalue weighted by Gasteiger charge is -2.45. The van der Waals surface area contributed by atoms with Crippen LogP contribution < -0.4 is 11.5 Å². The van der Waals surface area contributed by atoms with Crippen LogP contribution in [0.5, 0.6) is 0 Å². The Morgan fingerprint density at radius 2 is 0.853 bits per heavy atom. The van der Waals surface area contributed by atoms with Crippen molar-refractivity contribution in [2.75, 3.05) is 25.4 Å². The zero-order valence-corrected chi connectivity index (χ0v) is 63.0. The second-order valence-corrected chi connectivity index (χ2v) is 39.2. The number of nitrogen functional groups attached to an aromatic ring is 1. The number of Topliss-reactive ketones (excluding diaryl/α,β-unsaturated/α-hetero) is 2. The molecule has 24 nitrogen and oxygen atoms in total. The van der Waals surface area contributed by atoms with E-state index in [0.29, 0.717) is 84.0 Å². The van der Waals surface area contributed by atoms with Crippen LogP contribution in [0.15, 0.2) is 89.0 Å². The number of hydrogen-bond acceptors (Lipinski definition) is 24. The molecule has 0 saturated heterocycles. The van der Waals surface area contributed by atoms with Gasteiger partial charge in [0.2, 0.25) is 0 Å². The third-order valence-corrected chi connectivity index (χ3v) is 30.7. The second-order valence-electron chi connectivity index (χ2n) is 30.2. The lowest BCUT2D eigenvalue weighted by atomic mass is 9.88. The zero-order chi connectivity index (χ0) is 75.7. The quantitative estimate of drug-likeness (QED) is 0.0817. The third kappa shape index (κ3) is 14.1. The van der Waals surface area contributed by atoms with E-state index >= 15 is 8.78 Å². The predicted octanol–water partition coefficient (Wildman–Crippen LogP) is 10.7. The maximum Gasteiger partial charge on any atom is 0.312 e. The number of aliphatic imine (C=N–C) groups is 3. The summed E-state index contributed by atoms with van der Waals surface area (Å²) in [5.74, 6) is -3.18. The van der Waals surface area contributed by atoms with Crippen molar-refractivity contribution in [2.24, 2.45) is 33.8 Å². The average Bonchev–Trinajstić information content (AvgIpc) is 1.38. The molecule has 0 fully saturated rings. The Labute approximate surface area is 594 Å². The molecule has 5 aromatic rings. The van der Waals surface area contributed by atoms with Gasteiger partial charge in [-0.15, -0.1) is 0 Å². The van der Waals surface area contributed by atoms with Crippen LogP contribution in [0.1, 0.15) is 208 Å². The highest BCUT2D eigenvalue weighted by atomic mass is 32.2. The van der Waals surface area contributed by atoms with Gasteiger partial charge in [-0.25, -0.2) is 43.9 Å². The number of aryl methyl sites for hydroxylation is 2. The first kappa shape index (κ1) is 77.4. The minimum atomic E-state index is -3.00. The summed E-state index contributed by atoms with van der Waals surface area (Å²) in [6, 6.07) is 15.1. The molecule has 5 aromatic heterocycles. The second kappa shape index (κ2) is 27.5. The molecule has 11 heterocycles. The van der Waals surface area contributed by atoms with E-state index in [1.807, 2.05) is 12.1 Å². The molecule has 0 aromatic carbocycles. The molecule has 11 rings (SSSR count). The van der Waals surface area contributed by atoms with Crippen molar-refractivity contribution < 1.29 is 54.4 Å². The number of fused-ring (bicyclic) bond motifs is 3. The number of esters is 2. The van der Waals surface area contributed by atoms with E-state index < -0.39 is 116 Å². The molecule has 9 atom stereocenters. The minimum Gasteiger partial charge on any atom is -0.460 e. The molecule has 0 unspecified atom stereocenters. The summed E-state index contributed by atoms with van der Waals surface area (Å²) in [5, 5.41) is 16.3. The van der Waals surface area contributed by atoms with E-state index in [2.05, 4.69) is 43.0 Å². The first-order valence-corrected chi connectivity index (χ1v) is 38.1. The van der Waals surface area contributed by atoms with Crippen molar-refractivity contribution in [1.82, 2.24) is 24.9 Å². The van der Waals surface area contributed by atoms with Gasteiger partial charge in [0.1, 0.15) is 102 Å². The van der Waals surface area contributed by atoms with Crippen LogP contribution in [0.25, 0.3) is 0 Å². The Morgan fingerprint density at radius 1 is 0.520 bits per heavy atom. The number of amidine groups is 1. The van der Waals surface area contributed by atoms with Gasteiger partial charge in [0, 0.05) is 54.8 Å². The highest BCUT2D eigenvalue weighted by molar-refractivity contribution is 7.97. The molecular formula is C72H88F3N15O9S3. The number of hydrogen-bond donors (Lipinski definition) is 2. The number of halogens is 3. The number of nitriles is 2. The van der Waals surface area contributed by atoms with Crippen LogP contribution >= 0.6 is 0 Å². The molecule has 0 spiro atoms. The van der Waals surface area contributed by atoms with E-state index in [1.54, 1.807) is 130 Å². The Bertz CT molecular complexity index is 4920. The van der Waals surface area contributed by atoms with E-state index in [9.17, 15) is 36.2 Å².